The highest BCUT2D eigenvalue weighted by Crippen LogP contribution is 2.18. The van der Waals surface area contributed by atoms with Crippen molar-refractivity contribution in [2.45, 2.75) is 6.42 Å². The van der Waals surface area contributed by atoms with E-state index in [1.807, 2.05) is 18.3 Å². The van der Waals surface area contributed by atoms with Crippen molar-refractivity contribution in [2.75, 3.05) is 0 Å². The molecule has 0 aliphatic rings. The van der Waals surface area contributed by atoms with E-state index in [1.165, 1.54) is 22.0 Å². The molecule has 1 aromatic heterocycles. The Morgan fingerprint density at radius 3 is 2.50 bits per heavy atom. The predicted molar refractivity (Wildman–Crippen MR) is 74.8 cm³/mol. The molecule has 0 aliphatic heterocycles. The van der Waals surface area contributed by atoms with Crippen molar-refractivity contribution in [3.05, 3.63) is 77.1 Å². The minimum absolute atomic E-state index is 0.778. The van der Waals surface area contributed by atoms with Crippen LogP contribution in [0.1, 0.15) is 11.3 Å². The van der Waals surface area contributed by atoms with Gasteiger partial charge in [-0.25, -0.2) is 4.98 Å². The zero-order valence-electron chi connectivity index (χ0n) is 9.86. The average Bonchev–Trinajstić information content (AvgIpc) is 2.42. The molecule has 0 unspecified atom stereocenters. The zero-order valence-corrected chi connectivity index (χ0v) is 10.6. The molecule has 0 bridgehead atoms. The SMILES string of the molecule is Clc1ccc(Cc2[nH+]ccc3ccccc23)cc1. The number of rotatable bonds is 2. The van der Waals surface area contributed by atoms with Gasteiger partial charge in [0.1, 0.15) is 0 Å². The van der Waals surface area contributed by atoms with Crippen LogP contribution < -0.4 is 4.98 Å². The lowest BCUT2D eigenvalue weighted by Crippen LogP contribution is -2.11. The molecule has 0 radical (unpaired) electrons. The molecule has 3 aromatic rings. The van der Waals surface area contributed by atoms with Crippen LogP contribution in [0, 0.1) is 0 Å². The Bertz CT molecular complexity index is 669. The Balaban J connectivity index is 2.02. The minimum atomic E-state index is 0.778. The van der Waals surface area contributed by atoms with Crippen LogP contribution >= 0.6 is 11.6 Å². The fourth-order valence-corrected chi connectivity index (χ4v) is 2.31. The number of hydrogen-bond acceptors (Lipinski definition) is 0. The van der Waals surface area contributed by atoms with Gasteiger partial charge in [-0.05, 0) is 29.1 Å². The molecule has 0 saturated carbocycles. The normalized spacial score (nSPS) is 10.7. The van der Waals surface area contributed by atoms with Crippen molar-refractivity contribution in [3.8, 4) is 0 Å². The van der Waals surface area contributed by atoms with Crippen LogP contribution in [0.2, 0.25) is 5.02 Å². The van der Waals surface area contributed by atoms with E-state index in [2.05, 4.69) is 47.4 Å². The molecule has 1 heterocycles. The number of aromatic amines is 1. The first-order valence-electron chi connectivity index (χ1n) is 5.96. The lowest BCUT2D eigenvalue weighted by molar-refractivity contribution is -0.387. The predicted octanol–water partition coefficient (Wildman–Crippen LogP) is 3.90. The molecule has 0 amide bonds. The summed E-state index contributed by atoms with van der Waals surface area (Å²) in [5.41, 5.74) is 2.49. The van der Waals surface area contributed by atoms with Crippen LogP contribution in [0.3, 0.4) is 0 Å². The second kappa shape index (κ2) is 4.79. The highest BCUT2D eigenvalue weighted by atomic mass is 35.5. The molecule has 0 aliphatic carbocycles. The van der Waals surface area contributed by atoms with Crippen molar-refractivity contribution in [2.24, 2.45) is 0 Å². The molecular weight excluding hydrogens is 242 g/mol. The summed E-state index contributed by atoms with van der Waals surface area (Å²) in [7, 11) is 0. The van der Waals surface area contributed by atoms with E-state index < -0.39 is 0 Å². The Labute approximate surface area is 111 Å². The van der Waals surface area contributed by atoms with E-state index in [4.69, 9.17) is 11.6 Å². The van der Waals surface area contributed by atoms with E-state index in [9.17, 15) is 0 Å². The van der Waals surface area contributed by atoms with E-state index >= 15 is 0 Å². The number of fused-ring (bicyclic) bond motifs is 1. The second-order valence-corrected chi connectivity index (χ2v) is 4.78. The number of pyridine rings is 1. The molecule has 1 nitrogen and oxygen atoms in total. The Kier molecular flexibility index (Phi) is 2.99. The summed E-state index contributed by atoms with van der Waals surface area (Å²) in [5.74, 6) is 0. The number of nitrogens with one attached hydrogen (secondary N) is 1. The number of aromatic nitrogens is 1. The van der Waals surface area contributed by atoms with E-state index in [-0.39, 0.29) is 0 Å². The van der Waals surface area contributed by atoms with Crippen LogP contribution in [-0.2, 0) is 6.42 Å². The topological polar surface area (TPSA) is 14.1 Å². The minimum Gasteiger partial charge on any atom is -0.214 e. The summed E-state index contributed by atoms with van der Waals surface area (Å²) in [5, 5.41) is 3.32. The van der Waals surface area contributed by atoms with Gasteiger partial charge in [0, 0.05) is 16.5 Å². The summed E-state index contributed by atoms with van der Waals surface area (Å²) < 4.78 is 0. The first-order valence-corrected chi connectivity index (χ1v) is 6.33. The Morgan fingerprint density at radius 2 is 1.67 bits per heavy atom. The smallest absolute Gasteiger partial charge is 0.191 e. The van der Waals surface area contributed by atoms with Gasteiger partial charge < -0.3 is 0 Å². The maximum absolute atomic E-state index is 5.90. The molecule has 1 N–H and O–H groups in total. The molecule has 2 heteroatoms. The molecule has 3 rings (SSSR count). The van der Waals surface area contributed by atoms with Crippen LogP contribution in [0.5, 0.6) is 0 Å². The van der Waals surface area contributed by atoms with E-state index in [0.717, 1.165) is 11.4 Å². The summed E-state index contributed by atoms with van der Waals surface area (Å²) in [6.07, 6.45) is 2.88. The van der Waals surface area contributed by atoms with Gasteiger partial charge in [-0.1, -0.05) is 41.9 Å². The lowest BCUT2D eigenvalue weighted by Gasteiger charge is -2.01. The third kappa shape index (κ3) is 2.22. The van der Waals surface area contributed by atoms with Crippen molar-refractivity contribution in [1.29, 1.82) is 0 Å². The monoisotopic (exact) mass is 254 g/mol. The van der Waals surface area contributed by atoms with Gasteiger partial charge in [0.25, 0.3) is 0 Å². The first-order chi connectivity index (χ1) is 8.83. The van der Waals surface area contributed by atoms with Crippen molar-refractivity contribution in [3.63, 3.8) is 0 Å². The largest absolute Gasteiger partial charge is 0.214 e. The summed E-state index contributed by atoms with van der Waals surface area (Å²) in [6, 6.07) is 18.5. The lowest BCUT2D eigenvalue weighted by atomic mass is 10.0. The maximum Gasteiger partial charge on any atom is 0.191 e. The van der Waals surface area contributed by atoms with Crippen LogP contribution in [0.4, 0.5) is 0 Å². The van der Waals surface area contributed by atoms with Gasteiger partial charge in [-0.3, -0.25) is 0 Å². The number of benzene rings is 2. The molecule has 0 atom stereocenters. The maximum atomic E-state index is 5.90. The first kappa shape index (κ1) is 11.2. The van der Waals surface area contributed by atoms with Gasteiger partial charge in [0.05, 0.1) is 6.42 Å². The average molecular weight is 255 g/mol. The number of halogens is 1. The molecule has 2 aromatic carbocycles. The van der Waals surface area contributed by atoms with Gasteiger partial charge in [-0.15, -0.1) is 0 Å². The highest BCUT2D eigenvalue weighted by Gasteiger charge is 2.08. The second-order valence-electron chi connectivity index (χ2n) is 4.35. The molecule has 0 fully saturated rings. The quantitative estimate of drug-likeness (QED) is 0.659. The van der Waals surface area contributed by atoms with Crippen molar-refractivity contribution >= 4 is 22.4 Å². The number of H-pyrrole nitrogens is 1. The van der Waals surface area contributed by atoms with Gasteiger partial charge >= 0.3 is 0 Å². The van der Waals surface area contributed by atoms with Gasteiger partial charge in [0.15, 0.2) is 11.9 Å². The summed E-state index contributed by atoms with van der Waals surface area (Å²) >= 11 is 5.90. The summed E-state index contributed by atoms with van der Waals surface area (Å²) in [4.78, 5) is 3.34. The van der Waals surface area contributed by atoms with Crippen molar-refractivity contribution in [1.82, 2.24) is 0 Å². The molecule has 0 saturated heterocycles. The zero-order chi connectivity index (χ0) is 12.4. The van der Waals surface area contributed by atoms with Crippen LogP contribution in [0.25, 0.3) is 10.8 Å². The van der Waals surface area contributed by atoms with E-state index in [1.54, 1.807) is 0 Å². The number of hydrogen-bond donors (Lipinski definition) is 0. The van der Waals surface area contributed by atoms with Gasteiger partial charge in [-0.2, -0.15) is 0 Å². The van der Waals surface area contributed by atoms with Crippen LogP contribution in [-0.4, -0.2) is 0 Å². The van der Waals surface area contributed by atoms with Crippen LogP contribution in [0.15, 0.2) is 60.8 Å². The fraction of sp³-hybridized carbons (Fsp3) is 0.0625. The molecular formula is C16H13ClN+. The third-order valence-electron chi connectivity index (χ3n) is 3.10. The van der Waals surface area contributed by atoms with Gasteiger partial charge in [0.2, 0.25) is 0 Å². The molecule has 18 heavy (non-hydrogen) atoms. The fourth-order valence-electron chi connectivity index (χ4n) is 2.18. The highest BCUT2D eigenvalue weighted by molar-refractivity contribution is 6.30. The molecule has 88 valence electrons. The van der Waals surface area contributed by atoms with E-state index in [0.29, 0.717) is 0 Å². The Hall–Kier alpha value is -1.86. The third-order valence-corrected chi connectivity index (χ3v) is 3.35. The Morgan fingerprint density at radius 1 is 0.889 bits per heavy atom. The summed E-state index contributed by atoms with van der Waals surface area (Å²) in [6.45, 7) is 0. The van der Waals surface area contributed by atoms with Crippen molar-refractivity contribution < 1.29 is 4.98 Å². The standard InChI is InChI=1S/C16H12ClN/c17-14-7-5-12(6-8-14)11-16-15-4-2-1-3-13(15)9-10-18-16/h1-10H,11H2/p+1. The molecule has 0 spiro atoms.